The summed E-state index contributed by atoms with van der Waals surface area (Å²) in [6.07, 6.45) is 5.12. The molecule has 0 bridgehead atoms. The molecule has 0 saturated heterocycles. The van der Waals surface area contributed by atoms with Crippen LogP contribution in [-0.4, -0.2) is 19.5 Å². The maximum absolute atomic E-state index is 10.8. The molecule has 0 fully saturated rings. The van der Waals surface area contributed by atoms with Crippen molar-refractivity contribution in [1.29, 1.82) is 0 Å². The van der Waals surface area contributed by atoms with Crippen molar-refractivity contribution in [3.05, 3.63) is 23.8 Å². The largest absolute Gasteiger partial charge is 0.493 e. The maximum Gasteiger partial charge on any atom is 0.150 e. The molecule has 0 saturated carbocycles. The Kier molecular flexibility index (Phi) is 6.92. The van der Waals surface area contributed by atoms with E-state index in [1.165, 1.54) is 6.42 Å². The van der Waals surface area contributed by atoms with Crippen molar-refractivity contribution >= 4 is 6.29 Å². The van der Waals surface area contributed by atoms with Crippen molar-refractivity contribution in [1.82, 2.24) is 0 Å². The number of carbonyl (C=O) groups is 1. The van der Waals surface area contributed by atoms with Gasteiger partial charge in [-0.3, -0.25) is 4.79 Å². The van der Waals surface area contributed by atoms with Gasteiger partial charge in [0.25, 0.3) is 0 Å². The number of hydrogen-bond donors (Lipinski definition) is 0. The minimum absolute atomic E-state index is 0.592. The maximum atomic E-state index is 10.8. The fourth-order valence-corrected chi connectivity index (χ4v) is 1.59. The first-order chi connectivity index (χ1) is 8.80. The summed E-state index contributed by atoms with van der Waals surface area (Å²) in [6.45, 7) is 5.54. The zero-order valence-corrected chi connectivity index (χ0v) is 11.3. The molecule has 0 radical (unpaired) electrons. The predicted molar refractivity (Wildman–Crippen MR) is 72.6 cm³/mol. The SMILES string of the molecule is CCCCCOc1cc(C=O)cc(OCCC)c1. The van der Waals surface area contributed by atoms with Crippen molar-refractivity contribution in [3.63, 3.8) is 0 Å². The smallest absolute Gasteiger partial charge is 0.150 e. The van der Waals surface area contributed by atoms with E-state index in [2.05, 4.69) is 6.92 Å². The summed E-state index contributed by atoms with van der Waals surface area (Å²) < 4.78 is 11.2. The molecule has 0 aliphatic rings. The molecule has 1 rings (SSSR count). The Bertz CT molecular complexity index is 361. The number of rotatable bonds is 9. The molecule has 1 aromatic rings. The van der Waals surface area contributed by atoms with Gasteiger partial charge in [0.1, 0.15) is 17.8 Å². The summed E-state index contributed by atoms with van der Waals surface area (Å²) in [5.74, 6) is 1.41. The van der Waals surface area contributed by atoms with E-state index >= 15 is 0 Å². The zero-order chi connectivity index (χ0) is 13.2. The highest BCUT2D eigenvalue weighted by atomic mass is 16.5. The predicted octanol–water partition coefficient (Wildman–Crippen LogP) is 3.86. The minimum atomic E-state index is 0.592. The zero-order valence-electron chi connectivity index (χ0n) is 11.3. The van der Waals surface area contributed by atoms with Crippen molar-refractivity contribution in [2.45, 2.75) is 39.5 Å². The fourth-order valence-electron chi connectivity index (χ4n) is 1.59. The van der Waals surface area contributed by atoms with Gasteiger partial charge in [-0.15, -0.1) is 0 Å². The lowest BCUT2D eigenvalue weighted by Crippen LogP contribution is -2.00. The lowest BCUT2D eigenvalue weighted by molar-refractivity contribution is 0.112. The second-order valence-corrected chi connectivity index (χ2v) is 4.26. The molecule has 0 aliphatic heterocycles. The van der Waals surface area contributed by atoms with Crippen LogP contribution in [0.2, 0.25) is 0 Å². The van der Waals surface area contributed by atoms with Gasteiger partial charge in [-0.1, -0.05) is 26.7 Å². The minimum Gasteiger partial charge on any atom is -0.493 e. The summed E-state index contributed by atoms with van der Waals surface area (Å²) >= 11 is 0. The molecule has 0 unspecified atom stereocenters. The van der Waals surface area contributed by atoms with Crippen LogP contribution in [0, 0.1) is 0 Å². The van der Waals surface area contributed by atoms with Crippen molar-refractivity contribution in [3.8, 4) is 11.5 Å². The van der Waals surface area contributed by atoms with Crippen LogP contribution in [0.1, 0.15) is 49.9 Å². The van der Waals surface area contributed by atoms with Crippen LogP contribution >= 0.6 is 0 Å². The Balaban J connectivity index is 2.61. The Morgan fingerprint density at radius 2 is 1.61 bits per heavy atom. The lowest BCUT2D eigenvalue weighted by atomic mass is 10.2. The van der Waals surface area contributed by atoms with Crippen LogP contribution in [0.3, 0.4) is 0 Å². The molecule has 3 nitrogen and oxygen atoms in total. The molecule has 1 aromatic carbocycles. The standard InChI is InChI=1S/C15H22O3/c1-3-5-6-8-18-15-10-13(12-16)9-14(11-15)17-7-4-2/h9-12H,3-8H2,1-2H3. The van der Waals surface area contributed by atoms with E-state index in [1.54, 1.807) is 12.1 Å². The topological polar surface area (TPSA) is 35.5 Å². The third kappa shape index (κ3) is 5.21. The van der Waals surface area contributed by atoms with Crippen molar-refractivity contribution in [2.24, 2.45) is 0 Å². The first-order valence-electron chi connectivity index (χ1n) is 6.66. The number of hydrogen-bond acceptors (Lipinski definition) is 3. The highest BCUT2D eigenvalue weighted by Gasteiger charge is 2.02. The summed E-state index contributed by atoms with van der Waals surface area (Å²) in [7, 11) is 0. The summed E-state index contributed by atoms with van der Waals surface area (Å²) in [6, 6.07) is 5.33. The lowest BCUT2D eigenvalue weighted by Gasteiger charge is -2.10. The van der Waals surface area contributed by atoms with E-state index in [0.29, 0.717) is 30.3 Å². The summed E-state index contributed by atoms with van der Waals surface area (Å²) in [5, 5.41) is 0. The highest BCUT2D eigenvalue weighted by molar-refractivity contribution is 5.76. The fraction of sp³-hybridized carbons (Fsp3) is 0.533. The van der Waals surface area contributed by atoms with Crippen LogP contribution in [0.4, 0.5) is 0 Å². The molecule has 0 N–H and O–H groups in total. The van der Waals surface area contributed by atoms with Gasteiger partial charge < -0.3 is 9.47 Å². The van der Waals surface area contributed by atoms with E-state index in [1.807, 2.05) is 13.0 Å². The van der Waals surface area contributed by atoms with Crippen LogP contribution in [0.25, 0.3) is 0 Å². The van der Waals surface area contributed by atoms with Crippen LogP contribution in [0.15, 0.2) is 18.2 Å². The molecule has 0 spiro atoms. The Morgan fingerprint density at radius 1 is 0.944 bits per heavy atom. The number of benzene rings is 1. The van der Waals surface area contributed by atoms with Gasteiger partial charge in [-0.2, -0.15) is 0 Å². The molecular weight excluding hydrogens is 228 g/mol. The summed E-state index contributed by atoms with van der Waals surface area (Å²) in [4.78, 5) is 10.8. The van der Waals surface area contributed by atoms with E-state index in [4.69, 9.17) is 9.47 Å². The molecule has 0 aromatic heterocycles. The average Bonchev–Trinajstić information content (AvgIpc) is 2.41. The Hall–Kier alpha value is -1.51. The van der Waals surface area contributed by atoms with Crippen molar-refractivity contribution in [2.75, 3.05) is 13.2 Å². The van der Waals surface area contributed by atoms with Gasteiger partial charge in [0.05, 0.1) is 13.2 Å². The molecule has 0 heterocycles. The van der Waals surface area contributed by atoms with Gasteiger partial charge in [-0.25, -0.2) is 0 Å². The average molecular weight is 250 g/mol. The van der Waals surface area contributed by atoms with E-state index in [9.17, 15) is 4.79 Å². The Labute approximate surface area is 109 Å². The van der Waals surface area contributed by atoms with Gasteiger partial charge in [0.15, 0.2) is 0 Å². The second-order valence-electron chi connectivity index (χ2n) is 4.26. The molecule has 0 atom stereocenters. The first kappa shape index (κ1) is 14.6. The third-order valence-electron chi connectivity index (χ3n) is 2.53. The monoisotopic (exact) mass is 250 g/mol. The van der Waals surface area contributed by atoms with E-state index in [-0.39, 0.29) is 0 Å². The number of aldehydes is 1. The van der Waals surface area contributed by atoms with Crippen LogP contribution in [0.5, 0.6) is 11.5 Å². The molecule has 3 heteroatoms. The number of ether oxygens (including phenoxy) is 2. The van der Waals surface area contributed by atoms with E-state index < -0.39 is 0 Å². The number of unbranched alkanes of at least 4 members (excludes halogenated alkanes) is 2. The van der Waals surface area contributed by atoms with Gasteiger partial charge >= 0.3 is 0 Å². The normalized spacial score (nSPS) is 10.1. The highest BCUT2D eigenvalue weighted by Crippen LogP contribution is 2.22. The van der Waals surface area contributed by atoms with Gasteiger partial charge in [0, 0.05) is 11.6 Å². The molecule has 0 amide bonds. The van der Waals surface area contributed by atoms with Gasteiger partial charge in [-0.05, 0) is 25.0 Å². The number of carbonyl (C=O) groups excluding carboxylic acids is 1. The quantitative estimate of drug-likeness (QED) is 0.493. The van der Waals surface area contributed by atoms with Crippen LogP contribution < -0.4 is 9.47 Å². The molecule has 100 valence electrons. The molecule has 18 heavy (non-hydrogen) atoms. The molecular formula is C15H22O3. The van der Waals surface area contributed by atoms with Gasteiger partial charge in [0.2, 0.25) is 0 Å². The van der Waals surface area contributed by atoms with Crippen LogP contribution in [-0.2, 0) is 0 Å². The van der Waals surface area contributed by atoms with Crippen molar-refractivity contribution < 1.29 is 14.3 Å². The molecule has 0 aliphatic carbocycles. The third-order valence-corrected chi connectivity index (χ3v) is 2.53. The summed E-state index contributed by atoms with van der Waals surface area (Å²) in [5.41, 5.74) is 0.592. The Morgan fingerprint density at radius 3 is 2.17 bits per heavy atom. The second kappa shape index (κ2) is 8.56. The first-order valence-corrected chi connectivity index (χ1v) is 6.66. The van der Waals surface area contributed by atoms with E-state index in [0.717, 1.165) is 25.5 Å².